The van der Waals surface area contributed by atoms with Crippen LogP contribution in [0.3, 0.4) is 0 Å². The molecule has 1 aromatic carbocycles. The molecule has 0 aromatic heterocycles. The molecule has 0 fully saturated rings. The molecule has 76 valence electrons. The van der Waals surface area contributed by atoms with Gasteiger partial charge in [0.25, 0.3) is 0 Å². The average Bonchev–Trinajstić information content (AvgIpc) is 2.27. The van der Waals surface area contributed by atoms with Crippen LogP contribution in [0.25, 0.3) is 0 Å². The highest BCUT2D eigenvalue weighted by atomic mass is 16.5. The Labute approximate surface area is 82.3 Å². The summed E-state index contributed by atoms with van der Waals surface area (Å²) in [5, 5.41) is 8.89. The first kappa shape index (κ1) is 10.7. The second kappa shape index (κ2) is 4.74. The average molecular weight is 195 g/mol. The van der Waals surface area contributed by atoms with Gasteiger partial charge < -0.3 is 15.6 Å². The zero-order valence-electron chi connectivity index (χ0n) is 7.93. The van der Waals surface area contributed by atoms with E-state index in [2.05, 4.69) is 0 Å². The van der Waals surface area contributed by atoms with Crippen LogP contribution < -0.4 is 10.5 Å². The van der Waals surface area contributed by atoms with Gasteiger partial charge >= 0.3 is 0 Å². The Morgan fingerprint density at radius 1 is 1.64 bits per heavy atom. The SMILES string of the molecule is COc1ccc(C=O)c(C(N)CO)c1. The van der Waals surface area contributed by atoms with E-state index in [0.29, 0.717) is 23.2 Å². The number of hydrogen-bond donors (Lipinski definition) is 2. The fraction of sp³-hybridized carbons (Fsp3) is 0.300. The van der Waals surface area contributed by atoms with Gasteiger partial charge in [0.15, 0.2) is 0 Å². The number of benzene rings is 1. The second-order valence-electron chi connectivity index (χ2n) is 2.90. The number of aliphatic hydroxyl groups excluding tert-OH is 1. The van der Waals surface area contributed by atoms with E-state index in [0.717, 1.165) is 0 Å². The van der Waals surface area contributed by atoms with Crippen molar-refractivity contribution >= 4 is 6.29 Å². The molecule has 1 rings (SSSR count). The van der Waals surface area contributed by atoms with E-state index in [1.807, 2.05) is 0 Å². The van der Waals surface area contributed by atoms with Crippen molar-refractivity contribution < 1.29 is 14.6 Å². The molecule has 0 bridgehead atoms. The second-order valence-corrected chi connectivity index (χ2v) is 2.90. The Morgan fingerprint density at radius 2 is 2.36 bits per heavy atom. The van der Waals surface area contributed by atoms with Gasteiger partial charge in [-0.15, -0.1) is 0 Å². The molecule has 0 heterocycles. The zero-order chi connectivity index (χ0) is 10.6. The highest BCUT2D eigenvalue weighted by Gasteiger charge is 2.10. The van der Waals surface area contributed by atoms with Crippen molar-refractivity contribution in [1.82, 2.24) is 0 Å². The predicted octanol–water partition coefficient (Wildman–Crippen LogP) is 0.500. The van der Waals surface area contributed by atoms with Gasteiger partial charge in [-0.25, -0.2) is 0 Å². The highest BCUT2D eigenvalue weighted by molar-refractivity contribution is 5.78. The summed E-state index contributed by atoms with van der Waals surface area (Å²) < 4.78 is 5.00. The van der Waals surface area contributed by atoms with Crippen LogP contribution in [-0.2, 0) is 0 Å². The molecule has 0 aliphatic rings. The Balaban J connectivity index is 3.14. The number of ether oxygens (including phenoxy) is 1. The minimum absolute atomic E-state index is 0.200. The van der Waals surface area contributed by atoms with Crippen molar-refractivity contribution in [2.24, 2.45) is 5.73 Å². The van der Waals surface area contributed by atoms with Crippen LogP contribution in [0.15, 0.2) is 18.2 Å². The van der Waals surface area contributed by atoms with Crippen LogP contribution in [0, 0.1) is 0 Å². The summed E-state index contributed by atoms with van der Waals surface area (Å²) in [7, 11) is 1.53. The number of carbonyl (C=O) groups excluding carboxylic acids is 1. The van der Waals surface area contributed by atoms with Gasteiger partial charge in [0.2, 0.25) is 0 Å². The molecule has 0 saturated heterocycles. The normalized spacial score (nSPS) is 12.2. The Bertz CT molecular complexity index is 325. The summed E-state index contributed by atoms with van der Waals surface area (Å²) in [6, 6.07) is 4.41. The standard InChI is InChI=1S/C10H13NO3/c1-14-8-3-2-7(5-12)9(4-8)10(11)6-13/h2-5,10,13H,6,11H2,1H3. The van der Waals surface area contributed by atoms with Crippen molar-refractivity contribution in [2.75, 3.05) is 13.7 Å². The first-order valence-electron chi connectivity index (χ1n) is 4.22. The Hall–Kier alpha value is -1.39. The molecule has 3 N–H and O–H groups in total. The van der Waals surface area contributed by atoms with Crippen molar-refractivity contribution in [3.8, 4) is 5.75 Å². The number of nitrogens with two attached hydrogens (primary N) is 1. The smallest absolute Gasteiger partial charge is 0.150 e. The largest absolute Gasteiger partial charge is 0.497 e. The first-order valence-corrected chi connectivity index (χ1v) is 4.22. The Kier molecular flexibility index (Phi) is 3.62. The van der Waals surface area contributed by atoms with Gasteiger partial charge in [-0.1, -0.05) is 0 Å². The van der Waals surface area contributed by atoms with Gasteiger partial charge in [0, 0.05) is 5.56 Å². The van der Waals surface area contributed by atoms with Crippen LogP contribution in [-0.4, -0.2) is 25.1 Å². The number of carbonyl (C=O) groups is 1. The number of aliphatic hydroxyl groups is 1. The molecule has 14 heavy (non-hydrogen) atoms. The maximum absolute atomic E-state index is 10.7. The van der Waals surface area contributed by atoms with Crippen LogP contribution in [0.4, 0.5) is 0 Å². The van der Waals surface area contributed by atoms with E-state index >= 15 is 0 Å². The molecular weight excluding hydrogens is 182 g/mol. The molecule has 0 aliphatic carbocycles. The lowest BCUT2D eigenvalue weighted by Gasteiger charge is -2.12. The third-order valence-corrected chi connectivity index (χ3v) is 2.02. The van der Waals surface area contributed by atoms with Gasteiger partial charge in [0.1, 0.15) is 12.0 Å². The van der Waals surface area contributed by atoms with Crippen LogP contribution in [0.5, 0.6) is 5.75 Å². The van der Waals surface area contributed by atoms with Gasteiger partial charge in [-0.3, -0.25) is 4.79 Å². The lowest BCUT2D eigenvalue weighted by atomic mass is 10.0. The first-order chi connectivity index (χ1) is 6.72. The van der Waals surface area contributed by atoms with Crippen molar-refractivity contribution in [3.63, 3.8) is 0 Å². The molecule has 1 aromatic rings. The fourth-order valence-corrected chi connectivity index (χ4v) is 1.21. The topological polar surface area (TPSA) is 72.5 Å². The number of hydrogen-bond acceptors (Lipinski definition) is 4. The fourth-order valence-electron chi connectivity index (χ4n) is 1.21. The van der Waals surface area contributed by atoms with Crippen LogP contribution in [0.2, 0.25) is 0 Å². The quantitative estimate of drug-likeness (QED) is 0.686. The van der Waals surface area contributed by atoms with Gasteiger partial charge in [-0.05, 0) is 23.8 Å². The molecule has 4 heteroatoms. The summed E-state index contributed by atoms with van der Waals surface area (Å²) >= 11 is 0. The molecule has 1 atom stereocenters. The summed E-state index contributed by atoms with van der Waals surface area (Å²) in [5.74, 6) is 0.620. The lowest BCUT2D eigenvalue weighted by molar-refractivity contribution is 0.112. The van der Waals surface area contributed by atoms with Crippen molar-refractivity contribution in [1.29, 1.82) is 0 Å². The van der Waals surface area contributed by atoms with Gasteiger partial charge in [0.05, 0.1) is 19.8 Å². The van der Waals surface area contributed by atoms with E-state index in [1.165, 1.54) is 7.11 Å². The van der Waals surface area contributed by atoms with Crippen molar-refractivity contribution in [3.05, 3.63) is 29.3 Å². The zero-order valence-corrected chi connectivity index (χ0v) is 7.93. The summed E-state index contributed by atoms with van der Waals surface area (Å²) in [5.41, 5.74) is 6.71. The molecule has 0 radical (unpaired) electrons. The molecular formula is C10H13NO3. The third kappa shape index (κ3) is 2.10. The predicted molar refractivity (Wildman–Crippen MR) is 52.4 cm³/mol. The van der Waals surface area contributed by atoms with Crippen LogP contribution in [0.1, 0.15) is 22.0 Å². The third-order valence-electron chi connectivity index (χ3n) is 2.02. The Morgan fingerprint density at radius 3 is 2.86 bits per heavy atom. The van der Waals surface area contributed by atoms with E-state index in [9.17, 15) is 4.79 Å². The summed E-state index contributed by atoms with van der Waals surface area (Å²) in [4.78, 5) is 10.7. The minimum atomic E-state index is -0.551. The molecule has 4 nitrogen and oxygen atoms in total. The number of rotatable bonds is 4. The highest BCUT2D eigenvalue weighted by Crippen LogP contribution is 2.20. The van der Waals surface area contributed by atoms with Crippen LogP contribution >= 0.6 is 0 Å². The van der Waals surface area contributed by atoms with E-state index in [-0.39, 0.29) is 6.61 Å². The molecule has 0 aliphatic heterocycles. The summed E-state index contributed by atoms with van der Waals surface area (Å²) in [6.07, 6.45) is 0.713. The monoisotopic (exact) mass is 195 g/mol. The molecule has 0 saturated carbocycles. The van der Waals surface area contributed by atoms with E-state index in [1.54, 1.807) is 18.2 Å². The lowest BCUT2D eigenvalue weighted by Crippen LogP contribution is -2.16. The number of methoxy groups -OCH3 is 1. The van der Waals surface area contributed by atoms with Gasteiger partial charge in [-0.2, -0.15) is 0 Å². The summed E-state index contributed by atoms with van der Waals surface area (Å²) in [6.45, 7) is -0.200. The minimum Gasteiger partial charge on any atom is -0.497 e. The maximum Gasteiger partial charge on any atom is 0.150 e. The molecule has 0 amide bonds. The molecule has 1 unspecified atom stereocenters. The molecule has 0 spiro atoms. The van der Waals surface area contributed by atoms with Crippen molar-refractivity contribution in [2.45, 2.75) is 6.04 Å². The number of aldehydes is 1. The maximum atomic E-state index is 10.7. The van der Waals surface area contributed by atoms with E-state index < -0.39 is 6.04 Å². The van der Waals surface area contributed by atoms with E-state index in [4.69, 9.17) is 15.6 Å².